The van der Waals surface area contributed by atoms with Crippen molar-refractivity contribution >= 4 is 33.3 Å². The monoisotopic (exact) mass is 469 g/mol. The number of piperazine rings is 1. The lowest BCUT2D eigenvalue weighted by atomic mass is 9.80. The largest absolute Gasteiger partial charge is 0.417 e. The summed E-state index contributed by atoms with van der Waals surface area (Å²) in [4.78, 5) is 21.0. The van der Waals surface area contributed by atoms with Gasteiger partial charge < -0.3 is 20.4 Å². The Kier molecular flexibility index (Phi) is 6.65. The van der Waals surface area contributed by atoms with Crippen molar-refractivity contribution < 1.29 is 18.0 Å². The summed E-state index contributed by atoms with van der Waals surface area (Å²) in [5, 5.41) is 7.57. The van der Waals surface area contributed by atoms with Crippen molar-refractivity contribution in [1.82, 2.24) is 20.5 Å². The molecule has 0 radical (unpaired) electrons. The molecule has 0 aliphatic carbocycles. The standard InChI is InChI=1S/C22H30F3N5OS/c1-13(17-11-29(3)9-6-27-17)14-4-7-30(8-5-14)18-10-16(22(23,24)25)20-19(28-18)15(12-32-20)21(31)26-2/h10,12-14,17,27H,4-9,11H2,1-3H3,(H,26,31)/t13-,17+/m0/s1. The normalized spacial score (nSPS) is 22.3. The van der Waals surface area contributed by atoms with Gasteiger partial charge in [0.15, 0.2) is 0 Å². The van der Waals surface area contributed by atoms with Crippen molar-refractivity contribution in [3.05, 3.63) is 22.6 Å². The van der Waals surface area contributed by atoms with Crippen molar-refractivity contribution in [2.45, 2.75) is 32.0 Å². The van der Waals surface area contributed by atoms with Crippen molar-refractivity contribution in [2.75, 3.05) is 51.7 Å². The molecule has 4 heterocycles. The van der Waals surface area contributed by atoms with Gasteiger partial charge in [-0.15, -0.1) is 11.3 Å². The van der Waals surface area contributed by atoms with Crippen LogP contribution in [0, 0.1) is 11.8 Å². The number of anilines is 1. The predicted molar refractivity (Wildman–Crippen MR) is 121 cm³/mol. The van der Waals surface area contributed by atoms with Gasteiger partial charge >= 0.3 is 6.18 Å². The van der Waals surface area contributed by atoms with Crippen LogP contribution in [-0.4, -0.2) is 68.7 Å². The maximum absolute atomic E-state index is 13.8. The minimum absolute atomic E-state index is 0.0100. The molecule has 32 heavy (non-hydrogen) atoms. The molecule has 176 valence electrons. The fraction of sp³-hybridized carbons (Fsp3) is 0.636. The Morgan fingerprint density at radius 1 is 1.31 bits per heavy atom. The second-order valence-corrected chi connectivity index (χ2v) is 9.82. The van der Waals surface area contributed by atoms with Crippen LogP contribution < -0.4 is 15.5 Å². The van der Waals surface area contributed by atoms with Crippen LogP contribution in [0.4, 0.5) is 19.0 Å². The molecule has 0 saturated carbocycles. The Hall–Kier alpha value is -1.91. The van der Waals surface area contributed by atoms with Crippen LogP contribution in [-0.2, 0) is 6.18 Å². The van der Waals surface area contributed by atoms with Crippen LogP contribution in [0.2, 0.25) is 0 Å². The molecule has 6 nitrogen and oxygen atoms in total. The lowest BCUT2D eigenvalue weighted by Crippen LogP contribution is -2.54. The second kappa shape index (κ2) is 9.15. The predicted octanol–water partition coefficient (Wildman–Crippen LogP) is 3.43. The van der Waals surface area contributed by atoms with Crippen molar-refractivity contribution in [1.29, 1.82) is 0 Å². The number of hydrogen-bond donors (Lipinski definition) is 2. The molecular weight excluding hydrogens is 439 g/mol. The molecule has 0 unspecified atom stereocenters. The third-order valence-electron chi connectivity index (χ3n) is 6.94. The molecule has 0 aromatic carbocycles. The molecular formula is C22H30F3N5OS. The smallest absolute Gasteiger partial charge is 0.357 e. The number of halogens is 3. The maximum atomic E-state index is 13.8. The van der Waals surface area contributed by atoms with E-state index in [0.29, 0.717) is 36.8 Å². The molecule has 10 heteroatoms. The minimum atomic E-state index is -4.51. The molecule has 1 amide bonds. The molecule has 4 rings (SSSR count). The molecule has 0 spiro atoms. The van der Waals surface area contributed by atoms with Gasteiger partial charge in [-0.05, 0) is 37.8 Å². The number of thiophene rings is 1. The zero-order chi connectivity index (χ0) is 23.0. The molecule has 2 aliphatic heterocycles. The molecule has 0 bridgehead atoms. The number of amides is 1. The number of nitrogens with one attached hydrogen (secondary N) is 2. The van der Waals surface area contributed by atoms with Gasteiger partial charge in [-0.1, -0.05) is 6.92 Å². The summed E-state index contributed by atoms with van der Waals surface area (Å²) >= 11 is 0.914. The van der Waals surface area contributed by atoms with Crippen LogP contribution in [0.25, 0.3) is 10.2 Å². The van der Waals surface area contributed by atoms with Gasteiger partial charge in [-0.3, -0.25) is 4.79 Å². The topological polar surface area (TPSA) is 60.5 Å². The van der Waals surface area contributed by atoms with E-state index in [1.54, 1.807) is 0 Å². The zero-order valence-corrected chi connectivity index (χ0v) is 19.4. The van der Waals surface area contributed by atoms with Crippen molar-refractivity contribution in [3.63, 3.8) is 0 Å². The lowest BCUT2D eigenvalue weighted by Gasteiger charge is -2.41. The van der Waals surface area contributed by atoms with E-state index >= 15 is 0 Å². The number of rotatable bonds is 4. The second-order valence-electron chi connectivity index (χ2n) is 8.94. The molecule has 2 fully saturated rings. The average Bonchev–Trinajstić information content (AvgIpc) is 3.20. The summed E-state index contributed by atoms with van der Waals surface area (Å²) in [5.41, 5.74) is -0.400. The zero-order valence-electron chi connectivity index (χ0n) is 18.6. The van der Waals surface area contributed by atoms with E-state index in [1.807, 2.05) is 4.90 Å². The molecule has 2 aromatic heterocycles. The number of alkyl halides is 3. The first-order chi connectivity index (χ1) is 15.2. The third kappa shape index (κ3) is 4.58. The Morgan fingerprint density at radius 2 is 2.03 bits per heavy atom. The Morgan fingerprint density at radius 3 is 2.66 bits per heavy atom. The molecule has 2 atom stereocenters. The highest BCUT2D eigenvalue weighted by Gasteiger charge is 2.37. The van der Waals surface area contributed by atoms with Crippen LogP contribution in [0.1, 0.15) is 35.7 Å². The van der Waals surface area contributed by atoms with E-state index in [9.17, 15) is 18.0 Å². The molecule has 2 aliphatic rings. The van der Waals surface area contributed by atoms with E-state index in [-0.39, 0.29) is 15.8 Å². The highest BCUT2D eigenvalue weighted by Crippen LogP contribution is 2.41. The molecule has 2 N–H and O–H groups in total. The van der Waals surface area contributed by atoms with Crippen LogP contribution in [0.5, 0.6) is 0 Å². The van der Waals surface area contributed by atoms with E-state index in [0.717, 1.165) is 49.9 Å². The summed E-state index contributed by atoms with van der Waals surface area (Å²) in [5.74, 6) is 0.892. The number of carbonyl (C=O) groups excluding carboxylic acids is 1. The highest BCUT2D eigenvalue weighted by atomic mass is 32.1. The lowest BCUT2D eigenvalue weighted by molar-refractivity contribution is -0.136. The number of piperidine rings is 1. The molecule has 2 aromatic rings. The number of aromatic nitrogens is 1. The Bertz CT molecular complexity index is 970. The summed E-state index contributed by atoms with van der Waals surface area (Å²) in [6.07, 6.45) is -2.68. The van der Waals surface area contributed by atoms with E-state index in [2.05, 4.69) is 34.5 Å². The fourth-order valence-electron chi connectivity index (χ4n) is 4.93. The fourth-order valence-corrected chi connectivity index (χ4v) is 5.95. The van der Waals surface area contributed by atoms with Gasteiger partial charge in [0.25, 0.3) is 5.91 Å². The van der Waals surface area contributed by atoms with Gasteiger partial charge in [-0.2, -0.15) is 13.2 Å². The van der Waals surface area contributed by atoms with Gasteiger partial charge in [0.2, 0.25) is 0 Å². The summed E-state index contributed by atoms with van der Waals surface area (Å²) in [6.45, 7) is 6.67. The van der Waals surface area contributed by atoms with Gasteiger partial charge in [0, 0.05) is 51.2 Å². The summed E-state index contributed by atoms with van der Waals surface area (Å²) < 4.78 is 41.4. The minimum Gasteiger partial charge on any atom is -0.357 e. The first kappa shape index (κ1) is 23.3. The van der Waals surface area contributed by atoms with Gasteiger partial charge in [0.1, 0.15) is 5.82 Å². The SMILES string of the molecule is CNC(=O)c1csc2c(C(F)(F)F)cc(N3CCC([C@H](C)[C@H]4CN(C)CCN4)CC3)nc12. The van der Waals surface area contributed by atoms with Crippen LogP contribution >= 0.6 is 11.3 Å². The number of pyridine rings is 1. The van der Waals surface area contributed by atoms with E-state index in [1.165, 1.54) is 12.4 Å². The molecule has 2 saturated heterocycles. The first-order valence-corrected chi connectivity index (χ1v) is 12.0. The maximum Gasteiger partial charge on any atom is 0.417 e. The first-order valence-electron chi connectivity index (χ1n) is 11.1. The van der Waals surface area contributed by atoms with Crippen LogP contribution in [0.3, 0.4) is 0 Å². The summed E-state index contributed by atoms with van der Waals surface area (Å²) in [6, 6.07) is 1.59. The summed E-state index contributed by atoms with van der Waals surface area (Å²) in [7, 11) is 3.60. The van der Waals surface area contributed by atoms with E-state index in [4.69, 9.17) is 0 Å². The number of carbonyl (C=O) groups is 1. The van der Waals surface area contributed by atoms with Gasteiger partial charge in [-0.25, -0.2) is 4.98 Å². The average molecular weight is 470 g/mol. The van der Waals surface area contributed by atoms with Crippen molar-refractivity contribution in [2.24, 2.45) is 11.8 Å². The number of hydrogen-bond acceptors (Lipinski definition) is 6. The van der Waals surface area contributed by atoms with Gasteiger partial charge in [0.05, 0.1) is 21.3 Å². The van der Waals surface area contributed by atoms with Crippen molar-refractivity contribution in [3.8, 4) is 0 Å². The van der Waals surface area contributed by atoms with Crippen LogP contribution in [0.15, 0.2) is 11.4 Å². The quantitative estimate of drug-likeness (QED) is 0.719. The van der Waals surface area contributed by atoms with E-state index < -0.39 is 17.6 Å². The number of fused-ring (bicyclic) bond motifs is 1. The number of nitrogens with zero attached hydrogens (tertiary/aromatic N) is 3. The third-order valence-corrected chi connectivity index (χ3v) is 7.94. The Labute approximate surface area is 190 Å². The Balaban J connectivity index is 1.56. The highest BCUT2D eigenvalue weighted by molar-refractivity contribution is 7.17. The number of likely N-dealkylation sites (N-methyl/N-ethyl adjacent to an activating group) is 1.